The van der Waals surface area contributed by atoms with Gasteiger partial charge in [-0.05, 0) is 48.2 Å². The number of nitrogens with two attached hydrogens (primary N) is 1. The molecular weight excluding hydrogens is 262 g/mol. The third-order valence-corrected chi connectivity index (χ3v) is 4.04. The van der Waals surface area contributed by atoms with E-state index in [1.807, 2.05) is 41.1 Å². The van der Waals surface area contributed by atoms with Crippen LogP contribution in [0.4, 0.5) is 0 Å². The number of benzene rings is 1. The molecule has 0 radical (unpaired) electrons. The molecule has 0 amide bonds. The lowest BCUT2D eigenvalue weighted by molar-refractivity contribution is 0.302. The predicted octanol–water partition coefficient (Wildman–Crippen LogP) is 2.86. The molecule has 0 aliphatic heterocycles. The molecule has 21 heavy (non-hydrogen) atoms. The topological polar surface area (TPSA) is 52.5 Å². The molecule has 0 bridgehead atoms. The minimum atomic E-state index is 0.187. The second-order valence-corrected chi connectivity index (χ2v) is 5.49. The van der Waals surface area contributed by atoms with Crippen LogP contribution in [0, 0.1) is 0 Å². The molecule has 0 saturated heterocycles. The normalized spacial score (nSPS) is 17.1. The van der Waals surface area contributed by atoms with Crippen molar-refractivity contribution in [2.75, 3.05) is 0 Å². The molecule has 0 saturated carbocycles. The number of nitrogens with zero attached hydrogens (tertiary/aromatic N) is 2. The number of ether oxygens (including phenoxy) is 1. The van der Waals surface area contributed by atoms with Crippen LogP contribution in [-0.2, 0) is 13.0 Å². The number of rotatable bonds is 3. The number of aromatic nitrogens is 2. The molecule has 4 rings (SSSR count). The van der Waals surface area contributed by atoms with Crippen LogP contribution in [0.5, 0.6) is 5.75 Å². The third kappa shape index (κ3) is 2.28. The van der Waals surface area contributed by atoms with Crippen LogP contribution in [0.25, 0.3) is 5.65 Å². The van der Waals surface area contributed by atoms with Gasteiger partial charge in [-0.25, -0.2) is 4.98 Å². The van der Waals surface area contributed by atoms with Crippen molar-refractivity contribution in [3.8, 4) is 5.75 Å². The lowest BCUT2D eigenvalue weighted by Crippen LogP contribution is -2.05. The molecule has 4 nitrogen and oxygen atoms in total. The van der Waals surface area contributed by atoms with Crippen LogP contribution < -0.4 is 10.5 Å². The van der Waals surface area contributed by atoms with E-state index >= 15 is 0 Å². The fourth-order valence-electron chi connectivity index (χ4n) is 2.93. The van der Waals surface area contributed by atoms with Crippen molar-refractivity contribution in [3.05, 3.63) is 65.6 Å². The molecule has 1 aliphatic carbocycles. The van der Waals surface area contributed by atoms with E-state index in [0.717, 1.165) is 29.9 Å². The monoisotopic (exact) mass is 279 g/mol. The maximum absolute atomic E-state index is 6.05. The Bertz CT molecular complexity index is 761. The molecule has 0 fully saturated rings. The highest BCUT2D eigenvalue weighted by Gasteiger charge is 2.19. The summed E-state index contributed by atoms with van der Waals surface area (Å²) >= 11 is 0. The lowest BCUT2D eigenvalue weighted by atomic mass is 10.1. The average molecular weight is 279 g/mol. The first-order valence-corrected chi connectivity index (χ1v) is 7.23. The van der Waals surface area contributed by atoms with Gasteiger partial charge in [0.2, 0.25) is 0 Å². The SMILES string of the molecule is N[C@@H]1CCc2cc(OCc3cn4ccccc4n3)ccc21. The molecule has 1 aliphatic rings. The van der Waals surface area contributed by atoms with Gasteiger partial charge in [0.25, 0.3) is 0 Å². The molecule has 1 atom stereocenters. The summed E-state index contributed by atoms with van der Waals surface area (Å²) < 4.78 is 7.87. The molecule has 0 spiro atoms. The minimum absolute atomic E-state index is 0.187. The van der Waals surface area contributed by atoms with Crippen molar-refractivity contribution >= 4 is 5.65 Å². The van der Waals surface area contributed by atoms with Crippen molar-refractivity contribution in [2.24, 2.45) is 5.73 Å². The van der Waals surface area contributed by atoms with Crippen LogP contribution in [0.3, 0.4) is 0 Å². The van der Waals surface area contributed by atoms with Crippen molar-refractivity contribution in [3.63, 3.8) is 0 Å². The third-order valence-electron chi connectivity index (χ3n) is 4.04. The Kier molecular flexibility index (Phi) is 2.89. The summed E-state index contributed by atoms with van der Waals surface area (Å²) in [5.41, 5.74) is 10.5. The molecule has 2 heterocycles. The number of imidazole rings is 1. The highest BCUT2D eigenvalue weighted by atomic mass is 16.5. The van der Waals surface area contributed by atoms with Gasteiger partial charge < -0.3 is 14.9 Å². The number of fused-ring (bicyclic) bond motifs is 2. The number of hydrogen-bond acceptors (Lipinski definition) is 3. The van der Waals surface area contributed by atoms with Crippen molar-refractivity contribution in [1.29, 1.82) is 0 Å². The van der Waals surface area contributed by atoms with E-state index in [4.69, 9.17) is 10.5 Å². The summed E-state index contributed by atoms with van der Waals surface area (Å²) in [6.07, 6.45) is 6.06. The van der Waals surface area contributed by atoms with E-state index in [1.165, 1.54) is 11.1 Å². The van der Waals surface area contributed by atoms with Gasteiger partial charge in [0.1, 0.15) is 18.0 Å². The fourth-order valence-corrected chi connectivity index (χ4v) is 2.93. The molecule has 106 valence electrons. The van der Waals surface area contributed by atoms with Crippen molar-refractivity contribution < 1.29 is 4.74 Å². The Morgan fingerprint density at radius 2 is 2.24 bits per heavy atom. The van der Waals surface area contributed by atoms with Crippen LogP contribution in [0.1, 0.15) is 29.3 Å². The van der Waals surface area contributed by atoms with E-state index in [9.17, 15) is 0 Å². The summed E-state index contributed by atoms with van der Waals surface area (Å²) in [6.45, 7) is 0.479. The van der Waals surface area contributed by atoms with E-state index in [-0.39, 0.29) is 6.04 Å². The zero-order valence-electron chi connectivity index (χ0n) is 11.7. The summed E-state index contributed by atoms with van der Waals surface area (Å²) in [7, 11) is 0. The van der Waals surface area contributed by atoms with Crippen LogP contribution in [-0.4, -0.2) is 9.38 Å². The van der Waals surface area contributed by atoms with E-state index in [0.29, 0.717) is 6.61 Å². The van der Waals surface area contributed by atoms with E-state index in [2.05, 4.69) is 17.1 Å². The van der Waals surface area contributed by atoms with Gasteiger partial charge in [-0.2, -0.15) is 0 Å². The molecule has 2 N–H and O–H groups in total. The van der Waals surface area contributed by atoms with Crippen LogP contribution in [0.2, 0.25) is 0 Å². The smallest absolute Gasteiger partial charge is 0.137 e. The number of aryl methyl sites for hydroxylation is 1. The second kappa shape index (κ2) is 4.90. The highest BCUT2D eigenvalue weighted by Crippen LogP contribution is 2.32. The van der Waals surface area contributed by atoms with E-state index < -0.39 is 0 Å². The Labute approximate surface area is 123 Å². The molecule has 0 unspecified atom stereocenters. The second-order valence-electron chi connectivity index (χ2n) is 5.49. The van der Waals surface area contributed by atoms with Gasteiger partial charge in [-0.1, -0.05) is 12.1 Å². The van der Waals surface area contributed by atoms with Gasteiger partial charge in [0, 0.05) is 18.4 Å². The fraction of sp³-hybridized carbons (Fsp3) is 0.235. The van der Waals surface area contributed by atoms with Crippen LogP contribution in [0.15, 0.2) is 48.8 Å². The van der Waals surface area contributed by atoms with Crippen molar-refractivity contribution in [2.45, 2.75) is 25.5 Å². The standard InChI is InChI=1S/C17H17N3O/c18-16-7-4-12-9-14(5-6-15(12)16)21-11-13-10-20-8-2-1-3-17(20)19-13/h1-3,5-6,8-10,16H,4,7,11,18H2/t16-/m1/s1. The van der Waals surface area contributed by atoms with Gasteiger partial charge in [-0.15, -0.1) is 0 Å². The Hall–Kier alpha value is -2.33. The molecule has 3 aromatic rings. The molecular formula is C17H17N3O. The Morgan fingerprint density at radius 1 is 1.29 bits per heavy atom. The summed E-state index contributed by atoms with van der Waals surface area (Å²) in [5, 5.41) is 0. The first kappa shape index (κ1) is 12.4. The molecule has 2 aromatic heterocycles. The molecule has 1 aromatic carbocycles. The summed E-state index contributed by atoms with van der Waals surface area (Å²) in [4.78, 5) is 4.53. The van der Waals surface area contributed by atoms with Gasteiger partial charge in [0.15, 0.2) is 0 Å². The van der Waals surface area contributed by atoms with Gasteiger partial charge in [0.05, 0.1) is 5.69 Å². The quantitative estimate of drug-likeness (QED) is 0.802. The van der Waals surface area contributed by atoms with Gasteiger partial charge in [-0.3, -0.25) is 0 Å². The average Bonchev–Trinajstić information content (AvgIpc) is 3.08. The van der Waals surface area contributed by atoms with Crippen LogP contribution >= 0.6 is 0 Å². The minimum Gasteiger partial charge on any atom is -0.487 e. The zero-order valence-corrected chi connectivity index (χ0v) is 11.7. The Balaban J connectivity index is 1.51. The maximum Gasteiger partial charge on any atom is 0.137 e. The highest BCUT2D eigenvalue weighted by molar-refractivity contribution is 5.41. The molecule has 4 heteroatoms. The summed E-state index contributed by atoms with van der Waals surface area (Å²) in [5.74, 6) is 0.889. The van der Waals surface area contributed by atoms with Gasteiger partial charge >= 0.3 is 0 Å². The summed E-state index contributed by atoms with van der Waals surface area (Å²) in [6, 6.07) is 12.3. The lowest BCUT2D eigenvalue weighted by Gasteiger charge is -2.08. The first-order valence-electron chi connectivity index (χ1n) is 7.23. The Morgan fingerprint density at radius 3 is 3.14 bits per heavy atom. The van der Waals surface area contributed by atoms with E-state index in [1.54, 1.807) is 0 Å². The predicted molar refractivity (Wildman–Crippen MR) is 81.2 cm³/mol. The number of hydrogen-bond donors (Lipinski definition) is 1. The maximum atomic E-state index is 6.05. The largest absolute Gasteiger partial charge is 0.487 e. The van der Waals surface area contributed by atoms with Crippen molar-refractivity contribution in [1.82, 2.24) is 9.38 Å². The first-order chi connectivity index (χ1) is 10.3. The number of pyridine rings is 1. The zero-order chi connectivity index (χ0) is 14.2.